The Labute approximate surface area is 130 Å². The fourth-order valence-electron chi connectivity index (χ4n) is 2.19. The summed E-state index contributed by atoms with van der Waals surface area (Å²) in [5.41, 5.74) is 2.23. The molecule has 0 amide bonds. The molecule has 0 spiro atoms. The molecule has 106 valence electrons. The van der Waals surface area contributed by atoms with Gasteiger partial charge in [0.15, 0.2) is 0 Å². The Morgan fingerprint density at radius 3 is 2.60 bits per heavy atom. The summed E-state index contributed by atoms with van der Waals surface area (Å²) in [4.78, 5) is 4.13. The summed E-state index contributed by atoms with van der Waals surface area (Å²) in [6.07, 6.45) is 3.65. The molecule has 2 nitrogen and oxygen atoms in total. The van der Waals surface area contributed by atoms with Crippen LogP contribution in [0.2, 0.25) is 10.0 Å². The van der Waals surface area contributed by atoms with Crippen molar-refractivity contribution >= 4 is 23.2 Å². The molecule has 0 bridgehead atoms. The maximum atomic E-state index is 6.31. The quantitative estimate of drug-likeness (QED) is 0.852. The van der Waals surface area contributed by atoms with Crippen molar-refractivity contribution in [3.8, 4) is 0 Å². The van der Waals surface area contributed by atoms with Gasteiger partial charge in [-0.3, -0.25) is 4.98 Å². The molecule has 2 aromatic rings. The topological polar surface area (TPSA) is 24.9 Å². The van der Waals surface area contributed by atoms with E-state index in [1.807, 2.05) is 24.4 Å². The standard InChI is InChI=1S/C16H18Cl2N2/c1-11(2)16(14-6-5-13(17)8-15(14)18)20-10-12-4-3-7-19-9-12/h3-9,11,16,20H,10H2,1-2H3. The van der Waals surface area contributed by atoms with Gasteiger partial charge in [-0.05, 0) is 35.2 Å². The van der Waals surface area contributed by atoms with Gasteiger partial charge in [-0.1, -0.05) is 49.2 Å². The van der Waals surface area contributed by atoms with Crippen LogP contribution in [0.1, 0.15) is 31.0 Å². The third kappa shape index (κ3) is 3.95. The predicted octanol–water partition coefficient (Wildman–Crippen LogP) is 4.88. The van der Waals surface area contributed by atoms with Crippen molar-refractivity contribution in [1.29, 1.82) is 0 Å². The second kappa shape index (κ2) is 7.07. The molecule has 20 heavy (non-hydrogen) atoms. The highest BCUT2D eigenvalue weighted by Crippen LogP contribution is 2.30. The summed E-state index contributed by atoms with van der Waals surface area (Å²) < 4.78 is 0. The van der Waals surface area contributed by atoms with Crippen LogP contribution in [0, 0.1) is 5.92 Å². The molecular weight excluding hydrogens is 291 g/mol. The molecule has 0 saturated heterocycles. The highest BCUT2D eigenvalue weighted by molar-refractivity contribution is 6.35. The first kappa shape index (κ1) is 15.3. The number of nitrogens with one attached hydrogen (secondary N) is 1. The Morgan fingerprint density at radius 1 is 1.20 bits per heavy atom. The maximum absolute atomic E-state index is 6.31. The van der Waals surface area contributed by atoms with Gasteiger partial charge in [0.25, 0.3) is 0 Å². The van der Waals surface area contributed by atoms with Gasteiger partial charge in [0, 0.05) is 35.0 Å². The Bertz CT molecular complexity index is 556. The minimum Gasteiger partial charge on any atom is -0.306 e. The van der Waals surface area contributed by atoms with Gasteiger partial charge in [-0.2, -0.15) is 0 Å². The van der Waals surface area contributed by atoms with Crippen molar-refractivity contribution in [3.63, 3.8) is 0 Å². The van der Waals surface area contributed by atoms with E-state index < -0.39 is 0 Å². The number of rotatable bonds is 5. The van der Waals surface area contributed by atoms with Crippen molar-refractivity contribution in [2.24, 2.45) is 5.92 Å². The zero-order valence-electron chi connectivity index (χ0n) is 11.6. The predicted molar refractivity (Wildman–Crippen MR) is 85.1 cm³/mol. The molecule has 2 rings (SSSR count). The summed E-state index contributed by atoms with van der Waals surface area (Å²) >= 11 is 12.3. The SMILES string of the molecule is CC(C)C(NCc1cccnc1)c1ccc(Cl)cc1Cl. The van der Waals surface area contributed by atoms with Gasteiger partial charge in [-0.15, -0.1) is 0 Å². The van der Waals surface area contributed by atoms with E-state index >= 15 is 0 Å². The van der Waals surface area contributed by atoms with Crippen LogP contribution < -0.4 is 5.32 Å². The molecule has 1 aromatic carbocycles. The Morgan fingerprint density at radius 2 is 2.00 bits per heavy atom. The van der Waals surface area contributed by atoms with Crippen LogP contribution in [-0.4, -0.2) is 4.98 Å². The molecule has 1 atom stereocenters. The van der Waals surface area contributed by atoms with Crippen molar-refractivity contribution in [1.82, 2.24) is 10.3 Å². The molecule has 0 aliphatic heterocycles. The number of hydrogen-bond donors (Lipinski definition) is 1. The van der Waals surface area contributed by atoms with Crippen molar-refractivity contribution in [2.75, 3.05) is 0 Å². The number of benzene rings is 1. The van der Waals surface area contributed by atoms with E-state index in [4.69, 9.17) is 23.2 Å². The lowest BCUT2D eigenvalue weighted by atomic mass is 9.95. The highest BCUT2D eigenvalue weighted by atomic mass is 35.5. The minimum absolute atomic E-state index is 0.181. The first-order chi connectivity index (χ1) is 9.58. The zero-order chi connectivity index (χ0) is 14.5. The molecule has 1 unspecified atom stereocenters. The minimum atomic E-state index is 0.181. The van der Waals surface area contributed by atoms with Crippen LogP contribution in [0.25, 0.3) is 0 Å². The van der Waals surface area contributed by atoms with E-state index in [2.05, 4.69) is 30.2 Å². The van der Waals surface area contributed by atoms with Gasteiger partial charge in [0.1, 0.15) is 0 Å². The summed E-state index contributed by atoms with van der Waals surface area (Å²) in [5.74, 6) is 0.422. The van der Waals surface area contributed by atoms with Gasteiger partial charge >= 0.3 is 0 Å². The normalized spacial score (nSPS) is 12.7. The van der Waals surface area contributed by atoms with E-state index in [-0.39, 0.29) is 6.04 Å². The summed E-state index contributed by atoms with van der Waals surface area (Å²) in [6.45, 7) is 5.10. The van der Waals surface area contributed by atoms with E-state index in [1.165, 1.54) is 0 Å². The third-order valence-electron chi connectivity index (χ3n) is 3.21. The van der Waals surface area contributed by atoms with Crippen molar-refractivity contribution < 1.29 is 0 Å². The summed E-state index contributed by atoms with van der Waals surface area (Å²) in [6, 6.07) is 9.84. The van der Waals surface area contributed by atoms with Gasteiger partial charge in [0.05, 0.1) is 0 Å². The molecule has 0 aliphatic carbocycles. The third-order valence-corrected chi connectivity index (χ3v) is 3.78. The number of halogens is 2. The van der Waals surface area contributed by atoms with Crippen molar-refractivity contribution in [2.45, 2.75) is 26.4 Å². The molecular formula is C16H18Cl2N2. The molecule has 4 heteroatoms. The molecule has 0 radical (unpaired) electrons. The van der Waals surface area contributed by atoms with Crippen LogP contribution >= 0.6 is 23.2 Å². The number of aromatic nitrogens is 1. The largest absolute Gasteiger partial charge is 0.306 e. The van der Waals surface area contributed by atoms with E-state index in [9.17, 15) is 0 Å². The lowest BCUT2D eigenvalue weighted by Crippen LogP contribution is -2.25. The Balaban J connectivity index is 2.15. The zero-order valence-corrected chi connectivity index (χ0v) is 13.1. The summed E-state index contributed by atoms with van der Waals surface area (Å²) in [7, 11) is 0. The lowest BCUT2D eigenvalue weighted by Gasteiger charge is -2.24. The van der Waals surface area contributed by atoms with E-state index in [0.29, 0.717) is 16.0 Å². The van der Waals surface area contributed by atoms with Gasteiger partial charge in [0.2, 0.25) is 0 Å². The van der Waals surface area contributed by atoms with Gasteiger partial charge < -0.3 is 5.32 Å². The first-order valence-electron chi connectivity index (χ1n) is 6.65. The molecule has 1 heterocycles. The average molecular weight is 309 g/mol. The molecule has 0 saturated carbocycles. The number of hydrogen-bond acceptors (Lipinski definition) is 2. The first-order valence-corrected chi connectivity index (χ1v) is 7.40. The number of pyridine rings is 1. The van der Waals surface area contributed by atoms with E-state index in [0.717, 1.165) is 17.7 Å². The second-order valence-electron chi connectivity index (χ2n) is 5.13. The Kier molecular flexibility index (Phi) is 5.41. The fourth-order valence-corrected chi connectivity index (χ4v) is 2.72. The second-order valence-corrected chi connectivity index (χ2v) is 5.97. The van der Waals surface area contributed by atoms with Crippen LogP contribution in [0.4, 0.5) is 0 Å². The number of nitrogens with zero attached hydrogens (tertiary/aromatic N) is 1. The van der Waals surface area contributed by atoms with Crippen LogP contribution in [0.3, 0.4) is 0 Å². The van der Waals surface area contributed by atoms with Crippen LogP contribution in [0.15, 0.2) is 42.7 Å². The fraction of sp³-hybridized carbons (Fsp3) is 0.312. The van der Waals surface area contributed by atoms with E-state index in [1.54, 1.807) is 12.3 Å². The Hall–Kier alpha value is -1.09. The molecule has 0 fully saturated rings. The summed E-state index contributed by atoms with van der Waals surface area (Å²) in [5, 5.41) is 4.91. The highest BCUT2D eigenvalue weighted by Gasteiger charge is 2.18. The molecule has 1 aromatic heterocycles. The van der Waals surface area contributed by atoms with Gasteiger partial charge in [-0.25, -0.2) is 0 Å². The average Bonchev–Trinajstić information content (AvgIpc) is 2.42. The molecule has 1 N–H and O–H groups in total. The van der Waals surface area contributed by atoms with Crippen molar-refractivity contribution in [3.05, 3.63) is 63.9 Å². The lowest BCUT2D eigenvalue weighted by molar-refractivity contribution is 0.410. The van der Waals surface area contributed by atoms with Crippen LogP contribution in [0.5, 0.6) is 0 Å². The van der Waals surface area contributed by atoms with Crippen LogP contribution in [-0.2, 0) is 6.54 Å². The maximum Gasteiger partial charge on any atom is 0.0468 e. The monoisotopic (exact) mass is 308 g/mol. The molecule has 0 aliphatic rings. The smallest absolute Gasteiger partial charge is 0.0468 e.